The summed E-state index contributed by atoms with van der Waals surface area (Å²) in [7, 11) is 2.90. The fourth-order valence-corrected chi connectivity index (χ4v) is 2.14. The Morgan fingerprint density at radius 1 is 1.18 bits per heavy atom. The van der Waals surface area contributed by atoms with E-state index in [2.05, 4.69) is 15.9 Å². The molecule has 2 aromatic rings. The molecule has 88 valence electrons. The summed E-state index contributed by atoms with van der Waals surface area (Å²) in [6.45, 7) is 0. The van der Waals surface area contributed by atoms with Gasteiger partial charge in [-0.25, -0.2) is 4.79 Å². The number of hydrogen-bond acceptors (Lipinski definition) is 3. The van der Waals surface area contributed by atoms with E-state index in [1.165, 1.54) is 7.11 Å². The zero-order valence-corrected chi connectivity index (χ0v) is 11.1. The molecule has 17 heavy (non-hydrogen) atoms. The molecule has 0 N–H and O–H groups in total. The molecule has 0 aliphatic carbocycles. The molecule has 0 saturated heterocycles. The third kappa shape index (κ3) is 2.13. The number of benzene rings is 2. The van der Waals surface area contributed by atoms with Crippen LogP contribution in [-0.2, 0) is 4.74 Å². The predicted molar refractivity (Wildman–Crippen MR) is 69.5 cm³/mol. The van der Waals surface area contributed by atoms with Gasteiger partial charge in [-0.1, -0.05) is 22.0 Å². The Kier molecular flexibility index (Phi) is 3.33. The van der Waals surface area contributed by atoms with E-state index in [1.54, 1.807) is 13.2 Å². The Morgan fingerprint density at radius 3 is 2.59 bits per heavy atom. The zero-order chi connectivity index (χ0) is 12.4. The van der Waals surface area contributed by atoms with Crippen molar-refractivity contribution in [2.45, 2.75) is 0 Å². The quantitative estimate of drug-likeness (QED) is 0.797. The van der Waals surface area contributed by atoms with E-state index >= 15 is 0 Å². The van der Waals surface area contributed by atoms with Crippen LogP contribution in [0.5, 0.6) is 5.75 Å². The summed E-state index contributed by atoms with van der Waals surface area (Å²) >= 11 is 3.41. The van der Waals surface area contributed by atoms with Crippen molar-refractivity contribution >= 4 is 32.7 Å². The van der Waals surface area contributed by atoms with Crippen LogP contribution in [0.15, 0.2) is 34.8 Å². The van der Waals surface area contributed by atoms with Crippen molar-refractivity contribution in [1.29, 1.82) is 0 Å². The number of methoxy groups -OCH3 is 2. The molecule has 0 unspecified atom stereocenters. The Morgan fingerprint density at radius 2 is 1.94 bits per heavy atom. The lowest BCUT2D eigenvalue weighted by Crippen LogP contribution is -2.04. The molecule has 4 heteroatoms. The van der Waals surface area contributed by atoms with Gasteiger partial charge in [0.15, 0.2) is 0 Å². The minimum Gasteiger partial charge on any atom is -0.495 e. The molecule has 0 amide bonds. The summed E-state index contributed by atoms with van der Waals surface area (Å²) in [5.41, 5.74) is 0.435. The second-order valence-corrected chi connectivity index (χ2v) is 4.42. The SMILES string of the molecule is COC(=O)c1ccc2cc(Br)ccc2c1OC. The van der Waals surface area contributed by atoms with E-state index in [0.717, 1.165) is 15.2 Å². The van der Waals surface area contributed by atoms with Gasteiger partial charge < -0.3 is 9.47 Å². The van der Waals surface area contributed by atoms with Gasteiger partial charge in [-0.2, -0.15) is 0 Å². The van der Waals surface area contributed by atoms with E-state index in [4.69, 9.17) is 9.47 Å². The van der Waals surface area contributed by atoms with Gasteiger partial charge in [0.2, 0.25) is 0 Å². The standard InChI is InChI=1S/C13H11BrO3/c1-16-12-10-6-4-9(14)7-8(10)3-5-11(12)13(15)17-2/h3-7H,1-2H3. The van der Waals surface area contributed by atoms with Crippen LogP contribution < -0.4 is 4.74 Å². The molecular weight excluding hydrogens is 284 g/mol. The van der Waals surface area contributed by atoms with Gasteiger partial charge in [0, 0.05) is 9.86 Å². The number of carbonyl (C=O) groups is 1. The maximum atomic E-state index is 11.6. The van der Waals surface area contributed by atoms with Gasteiger partial charge in [0.25, 0.3) is 0 Å². The van der Waals surface area contributed by atoms with Crippen LogP contribution in [0.2, 0.25) is 0 Å². The molecule has 3 nitrogen and oxygen atoms in total. The minimum atomic E-state index is -0.397. The van der Waals surface area contributed by atoms with Crippen molar-refractivity contribution in [1.82, 2.24) is 0 Å². The normalized spacial score (nSPS) is 10.3. The van der Waals surface area contributed by atoms with Crippen molar-refractivity contribution in [3.63, 3.8) is 0 Å². The number of rotatable bonds is 2. The fourth-order valence-electron chi connectivity index (χ4n) is 1.76. The molecule has 2 rings (SSSR count). The highest BCUT2D eigenvalue weighted by Crippen LogP contribution is 2.31. The van der Waals surface area contributed by atoms with Gasteiger partial charge in [-0.05, 0) is 29.7 Å². The lowest BCUT2D eigenvalue weighted by atomic mass is 10.1. The van der Waals surface area contributed by atoms with Gasteiger partial charge in [0.05, 0.1) is 14.2 Å². The molecular formula is C13H11BrO3. The lowest BCUT2D eigenvalue weighted by Gasteiger charge is -2.10. The third-order valence-corrected chi connectivity index (χ3v) is 3.04. The second kappa shape index (κ2) is 4.75. The first-order chi connectivity index (χ1) is 8.17. The number of fused-ring (bicyclic) bond motifs is 1. The second-order valence-electron chi connectivity index (χ2n) is 3.50. The Hall–Kier alpha value is -1.55. The molecule has 0 aromatic heterocycles. The average Bonchev–Trinajstić information content (AvgIpc) is 2.36. The van der Waals surface area contributed by atoms with Crippen LogP contribution in [0.1, 0.15) is 10.4 Å². The fraction of sp³-hybridized carbons (Fsp3) is 0.154. The summed E-state index contributed by atoms with van der Waals surface area (Å²) < 4.78 is 11.0. The monoisotopic (exact) mass is 294 g/mol. The Labute approximate surface area is 107 Å². The molecule has 0 heterocycles. The molecule has 0 atom stereocenters. The average molecular weight is 295 g/mol. The largest absolute Gasteiger partial charge is 0.495 e. The Bertz CT molecular complexity index is 578. The highest BCUT2D eigenvalue weighted by atomic mass is 79.9. The van der Waals surface area contributed by atoms with Gasteiger partial charge in [-0.3, -0.25) is 0 Å². The molecule has 0 radical (unpaired) electrons. The number of carbonyl (C=O) groups excluding carboxylic acids is 1. The van der Waals surface area contributed by atoms with Crippen molar-refractivity contribution in [2.24, 2.45) is 0 Å². The number of hydrogen-bond donors (Lipinski definition) is 0. The summed E-state index contributed by atoms with van der Waals surface area (Å²) in [6.07, 6.45) is 0. The molecule has 0 bridgehead atoms. The van der Waals surface area contributed by atoms with Crippen LogP contribution in [-0.4, -0.2) is 20.2 Å². The van der Waals surface area contributed by atoms with E-state index in [9.17, 15) is 4.79 Å². The highest BCUT2D eigenvalue weighted by Gasteiger charge is 2.15. The van der Waals surface area contributed by atoms with Crippen LogP contribution >= 0.6 is 15.9 Å². The van der Waals surface area contributed by atoms with Crippen molar-refractivity contribution in [3.8, 4) is 5.75 Å². The number of ether oxygens (including phenoxy) is 2. The number of esters is 1. The van der Waals surface area contributed by atoms with Crippen LogP contribution in [0, 0.1) is 0 Å². The van der Waals surface area contributed by atoms with Crippen LogP contribution in [0.4, 0.5) is 0 Å². The lowest BCUT2D eigenvalue weighted by molar-refractivity contribution is 0.0597. The zero-order valence-electron chi connectivity index (χ0n) is 9.49. The maximum absolute atomic E-state index is 11.6. The Balaban J connectivity index is 2.73. The summed E-state index contributed by atoms with van der Waals surface area (Å²) in [6, 6.07) is 9.36. The first kappa shape index (κ1) is 11.9. The predicted octanol–water partition coefficient (Wildman–Crippen LogP) is 3.40. The van der Waals surface area contributed by atoms with Gasteiger partial charge >= 0.3 is 5.97 Å². The summed E-state index contributed by atoms with van der Waals surface area (Å²) in [5.74, 6) is 0.147. The van der Waals surface area contributed by atoms with Crippen LogP contribution in [0.25, 0.3) is 10.8 Å². The third-order valence-electron chi connectivity index (χ3n) is 2.54. The molecule has 0 aliphatic heterocycles. The maximum Gasteiger partial charge on any atom is 0.341 e. The van der Waals surface area contributed by atoms with Crippen LogP contribution in [0.3, 0.4) is 0 Å². The molecule has 0 saturated carbocycles. The van der Waals surface area contributed by atoms with Crippen molar-refractivity contribution in [2.75, 3.05) is 14.2 Å². The smallest absolute Gasteiger partial charge is 0.341 e. The van der Waals surface area contributed by atoms with Crippen molar-refractivity contribution < 1.29 is 14.3 Å². The molecule has 2 aromatic carbocycles. The minimum absolute atomic E-state index is 0.397. The van der Waals surface area contributed by atoms with E-state index in [-0.39, 0.29) is 0 Å². The molecule has 0 aliphatic rings. The van der Waals surface area contributed by atoms with E-state index < -0.39 is 5.97 Å². The molecule has 0 fully saturated rings. The molecule has 0 spiro atoms. The topological polar surface area (TPSA) is 35.5 Å². The van der Waals surface area contributed by atoms with E-state index in [1.807, 2.05) is 24.3 Å². The number of halogens is 1. The van der Waals surface area contributed by atoms with E-state index in [0.29, 0.717) is 11.3 Å². The van der Waals surface area contributed by atoms with Crippen molar-refractivity contribution in [3.05, 3.63) is 40.4 Å². The first-order valence-corrected chi connectivity index (χ1v) is 5.81. The highest BCUT2D eigenvalue weighted by molar-refractivity contribution is 9.10. The summed E-state index contributed by atoms with van der Waals surface area (Å²) in [5, 5.41) is 1.89. The van der Waals surface area contributed by atoms with Gasteiger partial charge in [-0.15, -0.1) is 0 Å². The summed E-state index contributed by atoms with van der Waals surface area (Å²) in [4.78, 5) is 11.6. The van der Waals surface area contributed by atoms with Gasteiger partial charge in [0.1, 0.15) is 11.3 Å². The first-order valence-electron chi connectivity index (χ1n) is 5.02.